The molecule has 1 fully saturated rings. The highest BCUT2D eigenvalue weighted by atomic mass is 19.1. The lowest BCUT2D eigenvalue weighted by molar-refractivity contribution is -0.138. The van der Waals surface area contributed by atoms with Gasteiger partial charge in [-0.1, -0.05) is 11.3 Å². The fourth-order valence-electron chi connectivity index (χ4n) is 5.84. The monoisotopic (exact) mass is 570 g/mol. The van der Waals surface area contributed by atoms with Crippen LogP contribution < -0.4 is 0 Å². The number of hydrogen-bond acceptors (Lipinski definition) is 6. The van der Waals surface area contributed by atoms with E-state index in [0.29, 0.717) is 32.5 Å². The van der Waals surface area contributed by atoms with E-state index in [4.69, 9.17) is 0 Å². The van der Waals surface area contributed by atoms with Gasteiger partial charge in [0.15, 0.2) is 0 Å². The Kier molecular flexibility index (Phi) is 7.75. The molecule has 0 saturated carbocycles. The van der Waals surface area contributed by atoms with Gasteiger partial charge in [0, 0.05) is 61.0 Å². The van der Waals surface area contributed by atoms with E-state index < -0.39 is 17.7 Å². The second kappa shape index (κ2) is 11.8. The van der Waals surface area contributed by atoms with Gasteiger partial charge < -0.3 is 4.90 Å². The maximum absolute atomic E-state index is 14.7. The van der Waals surface area contributed by atoms with Crippen molar-refractivity contribution in [2.75, 3.05) is 19.6 Å². The molecule has 9 nitrogen and oxygen atoms in total. The number of likely N-dealkylation sites (tertiary alicyclic amines) is 1. The molecule has 42 heavy (non-hydrogen) atoms. The van der Waals surface area contributed by atoms with Gasteiger partial charge in [-0.2, -0.15) is 5.10 Å². The molecule has 0 spiro atoms. The first-order chi connectivity index (χ1) is 20.5. The van der Waals surface area contributed by atoms with Crippen molar-refractivity contribution in [2.45, 2.75) is 45.2 Å². The van der Waals surface area contributed by atoms with Crippen LogP contribution >= 0.6 is 0 Å². The third-order valence-electron chi connectivity index (χ3n) is 8.16. The maximum Gasteiger partial charge on any atom is 0.239 e. The first kappa shape index (κ1) is 27.6. The van der Waals surface area contributed by atoms with Crippen molar-refractivity contribution in [1.82, 2.24) is 40.0 Å². The average Bonchev–Trinajstić information content (AvgIpc) is 3.68. The van der Waals surface area contributed by atoms with Gasteiger partial charge in [0.1, 0.15) is 17.3 Å². The molecule has 2 unspecified atom stereocenters. The van der Waals surface area contributed by atoms with Gasteiger partial charge in [-0.05, 0) is 69.2 Å². The Balaban J connectivity index is 1.28. The fourth-order valence-corrected chi connectivity index (χ4v) is 5.84. The number of likely N-dealkylation sites (N-methyl/N-ethyl adjacent to an activating group) is 1. The molecule has 4 heterocycles. The molecule has 6 rings (SSSR count). The SMILES string of the molecule is CCN(CC)C(=O)C1CCC(c2cn(-c3ccc4[nH]nc(-c5ccncc5)c4c3)nn2)CN1Cc1c(F)cccc1F. The minimum absolute atomic E-state index is 0.00421. The molecule has 11 heteroatoms. The Morgan fingerprint density at radius 2 is 1.81 bits per heavy atom. The second-order valence-electron chi connectivity index (χ2n) is 10.6. The molecule has 0 bridgehead atoms. The molecular weight excluding hydrogens is 538 g/mol. The molecule has 1 aliphatic heterocycles. The van der Waals surface area contributed by atoms with Gasteiger partial charge >= 0.3 is 0 Å². The third-order valence-corrected chi connectivity index (χ3v) is 8.16. The number of hydrogen-bond donors (Lipinski definition) is 1. The Bertz CT molecular complexity index is 1680. The number of aromatic nitrogens is 6. The maximum atomic E-state index is 14.7. The Labute approximate surface area is 242 Å². The first-order valence-electron chi connectivity index (χ1n) is 14.2. The fraction of sp³-hybridized carbons (Fsp3) is 0.323. The van der Waals surface area contributed by atoms with Crippen LogP contribution in [-0.4, -0.2) is 71.6 Å². The minimum Gasteiger partial charge on any atom is -0.342 e. The van der Waals surface area contributed by atoms with Gasteiger partial charge in [0.25, 0.3) is 0 Å². The van der Waals surface area contributed by atoms with Gasteiger partial charge in [-0.25, -0.2) is 13.5 Å². The van der Waals surface area contributed by atoms with E-state index in [0.717, 1.165) is 33.5 Å². The molecule has 5 aromatic rings. The minimum atomic E-state index is -0.613. The largest absolute Gasteiger partial charge is 0.342 e. The number of aromatic amines is 1. The molecule has 1 saturated heterocycles. The van der Waals surface area contributed by atoms with Crippen LogP contribution in [0.1, 0.15) is 43.9 Å². The summed E-state index contributed by atoms with van der Waals surface area (Å²) in [5.41, 5.74) is 4.24. The summed E-state index contributed by atoms with van der Waals surface area (Å²) in [5, 5.41) is 17.4. The lowest BCUT2D eigenvalue weighted by Crippen LogP contribution is -2.52. The molecule has 3 aromatic heterocycles. The van der Waals surface area contributed by atoms with E-state index in [1.165, 1.54) is 18.2 Å². The molecule has 0 radical (unpaired) electrons. The zero-order chi connectivity index (χ0) is 29.2. The van der Waals surface area contributed by atoms with Crippen molar-refractivity contribution in [2.24, 2.45) is 0 Å². The summed E-state index contributed by atoms with van der Waals surface area (Å²) < 4.78 is 31.1. The smallest absolute Gasteiger partial charge is 0.239 e. The van der Waals surface area contributed by atoms with Crippen molar-refractivity contribution in [3.8, 4) is 16.9 Å². The normalized spacial score (nSPS) is 17.5. The summed E-state index contributed by atoms with van der Waals surface area (Å²) in [7, 11) is 0. The number of halogens is 2. The van der Waals surface area contributed by atoms with Crippen molar-refractivity contribution in [3.05, 3.63) is 90.0 Å². The van der Waals surface area contributed by atoms with E-state index in [9.17, 15) is 13.6 Å². The quantitative estimate of drug-likeness (QED) is 0.279. The predicted molar refractivity (Wildman–Crippen MR) is 155 cm³/mol. The number of nitrogens with zero attached hydrogens (tertiary/aromatic N) is 7. The summed E-state index contributed by atoms with van der Waals surface area (Å²) >= 11 is 0. The number of carbonyl (C=O) groups is 1. The van der Waals surface area contributed by atoms with E-state index in [2.05, 4.69) is 25.5 Å². The summed E-state index contributed by atoms with van der Waals surface area (Å²) in [6, 6.07) is 13.1. The second-order valence-corrected chi connectivity index (χ2v) is 10.6. The first-order valence-corrected chi connectivity index (χ1v) is 14.2. The molecule has 216 valence electrons. The van der Waals surface area contributed by atoms with Crippen LogP contribution in [0.5, 0.6) is 0 Å². The van der Waals surface area contributed by atoms with Gasteiger partial charge in [-0.15, -0.1) is 5.10 Å². The van der Waals surface area contributed by atoms with Gasteiger partial charge in [-0.3, -0.25) is 19.8 Å². The van der Waals surface area contributed by atoms with Crippen molar-refractivity contribution < 1.29 is 13.6 Å². The van der Waals surface area contributed by atoms with E-state index in [1.54, 1.807) is 22.0 Å². The van der Waals surface area contributed by atoms with Crippen LogP contribution in [-0.2, 0) is 11.3 Å². The molecule has 1 N–H and O–H groups in total. The average molecular weight is 571 g/mol. The van der Waals surface area contributed by atoms with Gasteiger partial charge in [0.05, 0.1) is 29.1 Å². The lowest BCUT2D eigenvalue weighted by Gasteiger charge is -2.40. The van der Waals surface area contributed by atoms with E-state index >= 15 is 0 Å². The van der Waals surface area contributed by atoms with Crippen LogP contribution in [0.25, 0.3) is 27.8 Å². The van der Waals surface area contributed by atoms with Crippen LogP contribution in [0.4, 0.5) is 8.78 Å². The van der Waals surface area contributed by atoms with Crippen LogP contribution in [0.15, 0.2) is 67.1 Å². The number of carbonyl (C=O) groups excluding carboxylic acids is 1. The number of nitrogens with one attached hydrogen (secondary N) is 1. The Morgan fingerprint density at radius 3 is 2.55 bits per heavy atom. The van der Waals surface area contributed by atoms with Crippen molar-refractivity contribution in [3.63, 3.8) is 0 Å². The zero-order valence-electron chi connectivity index (χ0n) is 23.5. The Hall–Kier alpha value is -4.51. The number of amides is 1. The van der Waals surface area contributed by atoms with Gasteiger partial charge in [0.2, 0.25) is 5.91 Å². The lowest BCUT2D eigenvalue weighted by atomic mass is 9.89. The highest BCUT2D eigenvalue weighted by Gasteiger charge is 2.37. The summed E-state index contributed by atoms with van der Waals surface area (Å²) in [5.74, 6) is -1.30. The number of fused-ring (bicyclic) bond motifs is 1. The molecular formula is C31H32F2N8O. The van der Waals surface area contributed by atoms with Crippen LogP contribution in [0.3, 0.4) is 0 Å². The molecule has 2 atom stereocenters. The number of benzene rings is 2. The number of piperidine rings is 1. The number of rotatable bonds is 8. The number of pyridine rings is 1. The molecule has 1 aliphatic rings. The van der Waals surface area contributed by atoms with E-state index in [-0.39, 0.29) is 23.9 Å². The number of H-pyrrole nitrogens is 1. The molecule has 0 aliphatic carbocycles. The zero-order valence-corrected chi connectivity index (χ0v) is 23.5. The Morgan fingerprint density at radius 1 is 1.05 bits per heavy atom. The van der Waals surface area contributed by atoms with Crippen LogP contribution in [0, 0.1) is 11.6 Å². The topological polar surface area (TPSA) is 95.8 Å². The highest BCUT2D eigenvalue weighted by molar-refractivity contribution is 5.94. The summed E-state index contributed by atoms with van der Waals surface area (Å²) in [6.07, 6.45) is 6.63. The third kappa shape index (κ3) is 5.27. The standard InChI is InChI=1S/C31H32F2N8O/c1-3-39(4-2)31(42)29-11-8-21(17-40(29)18-24-25(32)6-5-7-26(24)33)28-19-41(38-36-28)22-9-10-27-23(16-22)30(37-35-27)20-12-14-34-15-13-20/h5-7,9-10,12-16,19,21,29H,3-4,8,11,17-18H2,1-2H3,(H,35,37). The molecule has 1 amide bonds. The summed E-state index contributed by atoms with van der Waals surface area (Å²) in [6.45, 7) is 5.46. The van der Waals surface area contributed by atoms with Crippen molar-refractivity contribution in [1.29, 1.82) is 0 Å². The highest BCUT2D eigenvalue weighted by Crippen LogP contribution is 2.33. The van der Waals surface area contributed by atoms with Crippen LogP contribution in [0.2, 0.25) is 0 Å². The van der Waals surface area contributed by atoms with Crippen molar-refractivity contribution >= 4 is 16.8 Å². The predicted octanol–water partition coefficient (Wildman–Crippen LogP) is 5.10. The van der Waals surface area contributed by atoms with E-state index in [1.807, 2.05) is 55.3 Å². The summed E-state index contributed by atoms with van der Waals surface area (Å²) in [4.78, 5) is 21.2. The molecule has 2 aromatic carbocycles.